The zero-order chi connectivity index (χ0) is 31.3. The van der Waals surface area contributed by atoms with Crippen LogP contribution in [0.3, 0.4) is 0 Å². The molecule has 6 nitrogen and oxygen atoms in total. The SMILES string of the molecule is Cc1cc(C)c(N2C(=O)c3ccc(C(c4ccc5c(c4)C(=O)N(I)C5=O)(C(F)(F)F)C(F)(F)F)cc3C2=O)c(C)c1C. The molecule has 2 aliphatic rings. The Balaban J connectivity index is 1.75. The van der Waals surface area contributed by atoms with E-state index >= 15 is 0 Å². The van der Waals surface area contributed by atoms with Crippen LogP contribution in [0.25, 0.3) is 0 Å². The number of alkyl halides is 6. The van der Waals surface area contributed by atoms with Gasteiger partial charge in [0.1, 0.15) is 0 Å². The highest BCUT2D eigenvalue weighted by atomic mass is 127. The van der Waals surface area contributed by atoms with Gasteiger partial charge in [-0.1, -0.05) is 18.2 Å². The van der Waals surface area contributed by atoms with Crippen LogP contribution in [-0.2, 0) is 5.41 Å². The first-order valence-electron chi connectivity index (χ1n) is 12.3. The molecular formula is C29H19F6IN2O4. The molecule has 42 heavy (non-hydrogen) atoms. The van der Waals surface area contributed by atoms with Gasteiger partial charge in [0, 0.05) is 0 Å². The Morgan fingerprint density at radius 1 is 0.571 bits per heavy atom. The molecular weight excluding hydrogens is 681 g/mol. The number of hydrogen-bond acceptors (Lipinski definition) is 4. The van der Waals surface area contributed by atoms with E-state index in [4.69, 9.17) is 0 Å². The van der Waals surface area contributed by atoms with E-state index < -0.39 is 63.7 Å². The highest BCUT2D eigenvalue weighted by Crippen LogP contribution is 2.57. The fourth-order valence-corrected chi connectivity index (χ4v) is 6.24. The fourth-order valence-electron chi connectivity index (χ4n) is 5.72. The first kappa shape index (κ1) is 29.7. The molecule has 0 saturated carbocycles. The second-order valence-corrected chi connectivity index (χ2v) is 11.2. The molecule has 0 bridgehead atoms. The number of carbonyl (C=O) groups is 4. The third-order valence-electron chi connectivity index (χ3n) is 7.98. The molecule has 13 heteroatoms. The Bertz CT molecular complexity index is 1750. The third kappa shape index (κ3) is 3.84. The number of rotatable bonds is 3. The molecule has 0 saturated heterocycles. The van der Waals surface area contributed by atoms with Gasteiger partial charge in [0.15, 0.2) is 0 Å². The number of aryl methyl sites for hydroxylation is 2. The van der Waals surface area contributed by atoms with Crippen LogP contribution >= 0.6 is 22.9 Å². The summed E-state index contributed by atoms with van der Waals surface area (Å²) in [6.45, 7) is 6.88. The molecule has 2 heterocycles. The monoisotopic (exact) mass is 700 g/mol. The Morgan fingerprint density at radius 2 is 1.00 bits per heavy atom. The summed E-state index contributed by atoms with van der Waals surface area (Å²) in [6, 6.07) is 5.09. The lowest BCUT2D eigenvalue weighted by atomic mass is 9.71. The maximum atomic E-state index is 14.9. The number of nitrogens with zero attached hydrogens (tertiary/aromatic N) is 2. The predicted molar refractivity (Wildman–Crippen MR) is 147 cm³/mol. The van der Waals surface area contributed by atoms with E-state index in [0.717, 1.165) is 28.2 Å². The number of anilines is 1. The second-order valence-electron chi connectivity index (χ2n) is 10.2. The molecule has 0 spiro atoms. The van der Waals surface area contributed by atoms with E-state index in [1.807, 2.05) is 6.92 Å². The topological polar surface area (TPSA) is 74.8 Å². The van der Waals surface area contributed by atoms with Gasteiger partial charge in [-0.3, -0.25) is 19.2 Å². The first-order chi connectivity index (χ1) is 19.4. The van der Waals surface area contributed by atoms with Gasteiger partial charge < -0.3 is 0 Å². The van der Waals surface area contributed by atoms with Crippen molar-refractivity contribution < 1.29 is 45.5 Å². The van der Waals surface area contributed by atoms with E-state index in [2.05, 4.69) is 0 Å². The van der Waals surface area contributed by atoms with Gasteiger partial charge in [-0.25, -0.2) is 8.01 Å². The number of imide groups is 2. The summed E-state index contributed by atoms with van der Waals surface area (Å²) in [6.07, 6.45) is -12.1. The maximum Gasteiger partial charge on any atom is 0.411 e. The highest BCUT2D eigenvalue weighted by Gasteiger charge is 2.73. The Kier molecular flexibility index (Phi) is 6.64. The standard InChI is InChI=1S/C29H19F6IN2O4/c1-12-9-13(2)22(15(4)14(12)3)37-23(39)18-7-5-16(10-20(18)24(37)40)27(28(30,31)32,29(33,34)35)17-6-8-19-21(11-17)26(42)38(36)25(19)41/h5-11H,1-4H3. The van der Waals surface area contributed by atoms with Crippen LogP contribution in [-0.4, -0.2) is 39.1 Å². The van der Waals surface area contributed by atoms with E-state index in [9.17, 15) is 45.5 Å². The van der Waals surface area contributed by atoms with Crippen molar-refractivity contribution in [3.63, 3.8) is 0 Å². The van der Waals surface area contributed by atoms with Crippen LogP contribution < -0.4 is 4.90 Å². The quantitative estimate of drug-likeness (QED) is 0.127. The van der Waals surface area contributed by atoms with Gasteiger partial charge in [-0.05, 0) is 85.3 Å². The van der Waals surface area contributed by atoms with Gasteiger partial charge in [0.05, 0.1) is 50.8 Å². The Morgan fingerprint density at radius 3 is 1.50 bits per heavy atom. The van der Waals surface area contributed by atoms with Gasteiger partial charge in [-0.2, -0.15) is 26.3 Å². The van der Waals surface area contributed by atoms with Crippen molar-refractivity contribution in [3.8, 4) is 0 Å². The van der Waals surface area contributed by atoms with Crippen LogP contribution in [0.1, 0.15) is 74.8 Å². The molecule has 4 amide bonds. The van der Waals surface area contributed by atoms with Crippen molar-refractivity contribution in [1.29, 1.82) is 0 Å². The molecule has 5 rings (SSSR count). The van der Waals surface area contributed by atoms with Crippen LogP contribution in [0.2, 0.25) is 0 Å². The summed E-state index contributed by atoms with van der Waals surface area (Å²) in [5.41, 5.74) is -6.50. The molecule has 0 fully saturated rings. The molecule has 0 N–H and O–H groups in total. The minimum Gasteiger partial charge on any atom is -0.268 e. The van der Waals surface area contributed by atoms with Gasteiger partial charge in [-0.15, -0.1) is 0 Å². The molecule has 0 atom stereocenters. The van der Waals surface area contributed by atoms with Crippen LogP contribution in [0, 0.1) is 27.7 Å². The van der Waals surface area contributed by atoms with Crippen LogP contribution in [0.15, 0.2) is 42.5 Å². The highest BCUT2D eigenvalue weighted by molar-refractivity contribution is 14.1. The summed E-state index contributed by atoms with van der Waals surface area (Å²) in [7, 11) is 0. The Labute approximate surface area is 248 Å². The van der Waals surface area contributed by atoms with Crippen molar-refractivity contribution in [2.45, 2.75) is 45.5 Å². The average Bonchev–Trinajstić information content (AvgIpc) is 3.26. The van der Waals surface area contributed by atoms with Crippen molar-refractivity contribution >= 4 is 52.2 Å². The van der Waals surface area contributed by atoms with Crippen LogP contribution in [0.5, 0.6) is 0 Å². The first-order valence-corrected chi connectivity index (χ1v) is 13.3. The molecule has 3 aromatic rings. The van der Waals surface area contributed by atoms with Crippen molar-refractivity contribution in [2.75, 3.05) is 4.90 Å². The number of fused-ring (bicyclic) bond motifs is 2. The zero-order valence-electron chi connectivity index (χ0n) is 22.2. The number of benzene rings is 3. The fraction of sp³-hybridized carbons (Fsp3) is 0.241. The largest absolute Gasteiger partial charge is 0.411 e. The lowest BCUT2D eigenvalue weighted by molar-refractivity contribution is -0.288. The zero-order valence-corrected chi connectivity index (χ0v) is 24.4. The lowest BCUT2D eigenvalue weighted by Crippen LogP contribution is -2.55. The number of halogens is 7. The average molecular weight is 700 g/mol. The minimum atomic E-state index is -6.03. The van der Waals surface area contributed by atoms with Gasteiger partial charge in [0.2, 0.25) is 5.41 Å². The number of amides is 4. The van der Waals surface area contributed by atoms with Crippen molar-refractivity contribution in [3.05, 3.63) is 98.1 Å². The number of hydrogen-bond donors (Lipinski definition) is 0. The molecule has 2 aliphatic heterocycles. The lowest BCUT2D eigenvalue weighted by Gasteiger charge is -2.38. The minimum absolute atomic E-state index is 0.203. The Hall–Kier alpha value is -3.75. The van der Waals surface area contributed by atoms with Crippen molar-refractivity contribution in [1.82, 2.24) is 3.11 Å². The number of carbonyl (C=O) groups excluding carboxylic acids is 4. The van der Waals surface area contributed by atoms with Crippen LogP contribution in [0.4, 0.5) is 32.0 Å². The summed E-state index contributed by atoms with van der Waals surface area (Å²) >= 11 is 1.31. The van der Waals surface area contributed by atoms with Gasteiger partial charge >= 0.3 is 12.4 Å². The smallest absolute Gasteiger partial charge is 0.268 e. The summed E-state index contributed by atoms with van der Waals surface area (Å²) in [4.78, 5) is 52.4. The van der Waals surface area contributed by atoms with E-state index in [-0.39, 0.29) is 16.8 Å². The molecule has 0 radical (unpaired) electrons. The third-order valence-corrected chi connectivity index (χ3v) is 8.86. The summed E-state index contributed by atoms with van der Waals surface area (Å²) < 4.78 is 89.7. The summed E-state index contributed by atoms with van der Waals surface area (Å²) in [5, 5.41) is 0. The van der Waals surface area contributed by atoms with Crippen molar-refractivity contribution in [2.24, 2.45) is 0 Å². The summed E-state index contributed by atoms with van der Waals surface area (Å²) in [5.74, 6) is -3.91. The maximum absolute atomic E-state index is 14.9. The van der Waals surface area contributed by atoms with E-state index in [0.29, 0.717) is 38.5 Å². The van der Waals surface area contributed by atoms with Gasteiger partial charge in [0.25, 0.3) is 23.6 Å². The second kappa shape index (κ2) is 9.38. The van der Waals surface area contributed by atoms with E-state index in [1.165, 1.54) is 22.9 Å². The molecule has 218 valence electrons. The predicted octanol–water partition coefficient (Wildman–Crippen LogP) is 7.08. The molecule has 3 aromatic carbocycles. The molecule has 0 unspecified atom stereocenters. The normalized spacial score (nSPS) is 15.6. The molecule has 0 aliphatic carbocycles. The molecule has 0 aromatic heterocycles. The van der Waals surface area contributed by atoms with E-state index in [1.54, 1.807) is 26.8 Å².